The van der Waals surface area contributed by atoms with Crippen LogP contribution in [0.3, 0.4) is 0 Å². The molecule has 1 heterocycles. The number of likely N-dealkylation sites (tertiary alicyclic amines) is 1. The third-order valence-corrected chi connectivity index (χ3v) is 3.73. The van der Waals surface area contributed by atoms with Crippen LogP contribution in [0.5, 0.6) is 5.75 Å². The van der Waals surface area contributed by atoms with Crippen LogP contribution in [0.1, 0.15) is 24.0 Å². The van der Waals surface area contributed by atoms with Gasteiger partial charge in [-0.25, -0.2) is 4.79 Å². The van der Waals surface area contributed by atoms with Crippen molar-refractivity contribution >= 4 is 11.9 Å². The van der Waals surface area contributed by atoms with Crippen LogP contribution in [0.25, 0.3) is 0 Å². The first-order chi connectivity index (χ1) is 10.0. The number of rotatable bonds is 4. The molecule has 0 spiro atoms. The lowest BCUT2D eigenvalue weighted by molar-refractivity contribution is -0.151. The highest BCUT2D eigenvalue weighted by Gasteiger charge is 2.34. The first-order valence-electron chi connectivity index (χ1n) is 7.10. The van der Waals surface area contributed by atoms with E-state index in [1.807, 2.05) is 32.0 Å². The molecule has 1 unspecified atom stereocenters. The average Bonchev–Trinajstić information content (AvgIpc) is 2.94. The molecule has 1 atom stereocenters. The van der Waals surface area contributed by atoms with E-state index in [4.69, 9.17) is 9.47 Å². The smallest absolute Gasteiger partial charge is 0.328 e. The molecule has 114 valence electrons. The van der Waals surface area contributed by atoms with Gasteiger partial charge in [0.2, 0.25) is 0 Å². The molecule has 5 nitrogen and oxygen atoms in total. The first kappa shape index (κ1) is 15.4. The molecule has 1 saturated heterocycles. The maximum Gasteiger partial charge on any atom is 0.328 e. The van der Waals surface area contributed by atoms with Crippen LogP contribution in [-0.2, 0) is 14.3 Å². The van der Waals surface area contributed by atoms with Gasteiger partial charge in [-0.2, -0.15) is 0 Å². The molecule has 1 fully saturated rings. The highest BCUT2D eigenvalue weighted by atomic mass is 16.5. The third-order valence-electron chi connectivity index (χ3n) is 3.73. The molecule has 0 bridgehead atoms. The standard InChI is InChI=1S/C16H21NO4/c1-11-6-7-14(12(2)9-11)21-10-15(18)17-8-4-5-13(17)16(19)20-3/h6-7,9,13H,4-5,8,10H2,1-3H3. The van der Waals surface area contributed by atoms with Gasteiger partial charge in [-0.3, -0.25) is 4.79 Å². The number of ether oxygens (including phenoxy) is 2. The van der Waals surface area contributed by atoms with E-state index >= 15 is 0 Å². The van der Waals surface area contributed by atoms with Gasteiger partial charge in [0, 0.05) is 6.54 Å². The summed E-state index contributed by atoms with van der Waals surface area (Å²) in [4.78, 5) is 25.4. The zero-order valence-electron chi connectivity index (χ0n) is 12.7. The number of esters is 1. The SMILES string of the molecule is COC(=O)C1CCCN1C(=O)COc1ccc(C)cc1C. The zero-order chi connectivity index (χ0) is 15.4. The fourth-order valence-electron chi connectivity index (χ4n) is 2.63. The van der Waals surface area contributed by atoms with Crippen molar-refractivity contribution in [2.45, 2.75) is 32.7 Å². The van der Waals surface area contributed by atoms with Gasteiger partial charge in [0.1, 0.15) is 11.8 Å². The Hall–Kier alpha value is -2.04. The molecule has 0 saturated carbocycles. The Morgan fingerprint density at radius 2 is 2.10 bits per heavy atom. The van der Waals surface area contributed by atoms with Crippen LogP contribution in [-0.4, -0.2) is 43.1 Å². The lowest BCUT2D eigenvalue weighted by atomic mass is 10.1. The summed E-state index contributed by atoms with van der Waals surface area (Å²) in [5.74, 6) is 0.165. The predicted molar refractivity (Wildman–Crippen MR) is 78.2 cm³/mol. The minimum Gasteiger partial charge on any atom is -0.483 e. The zero-order valence-corrected chi connectivity index (χ0v) is 12.7. The van der Waals surface area contributed by atoms with E-state index in [0.29, 0.717) is 18.7 Å². The van der Waals surface area contributed by atoms with E-state index < -0.39 is 6.04 Å². The second-order valence-electron chi connectivity index (χ2n) is 5.33. The quantitative estimate of drug-likeness (QED) is 0.794. The number of methoxy groups -OCH3 is 1. The lowest BCUT2D eigenvalue weighted by Gasteiger charge is -2.22. The number of aryl methyl sites for hydroxylation is 2. The fraction of sp³-hybridized carbons (Fsp3) is 0.500. The molecule has 0 aliphatic carbocycles. The van der Waals surface area contributed by atoms with Crippen molar-refractivity contribution < 1.29 is 19.1 Å². The number of benzene rings is 1. The Morgan fingerprint density at radius 3 is 2.76 bits per heavy atom. The lowest BCUT2D eigenvalue weighted by Crippen LogP contribution is -2.43. The highest BCUT2D eigenvalue weighted by Crippen LogP contribution is 2.21. The van der Waals surface area contributed by atoms with Crippen molar-refractivity contribution in [3.05, 3.63) is 29.3 Å². The molecule has 1 amide bonds. The summed E-state index contributed by atoms with van der Waals surface area (Å²) in [6.45, 7) is 4.47. The highest BCUT2D eigenvalue weighted by molar-refractivity contribution is 5.85. The average molecular weight is 291 g/mol. The number of carbonyl (C=O) groups is 2. The van der Waals surface area contributed by atoms with Crippen LogP contribution >= 0.6 is 0 Å². The minimum absolute atomic E-state index is 0.0581. The van der Waals surface area contributed by atoms with Crippen molar-refractivity contribution in [3.8, 4) is 5.75 Å². The summed E-state index contributed by atoms with van der Waals surface area (Å²) < 4.78 is 10.3. The van der Waals surface area contributed by atoms with Crippen molar-refractivity contribution in [3.63, 3.8) is 0 Å². The summed E-state index contributed by atoms with van der Waals surface area (Å²) in [6, 6.07) is 5.34. The molecule has 21 heavy (non-hydrogen) atoms. The van der Waals surface area contributed by atoms with E-state index in [0.717, 1.165) is 17.5 Å². The summed E-state index contributed by atoms with van der Waals surface area (Å²) in [5, 5.41) is 0. The second kappa shape index (κ2) is 6.61. The third kappa shape index (κ3) is 3.54. The van der Waals surface area contributed by atoms with Crippen LogP contribution in [0.15, 0.2) is 18.2 Å². The van der Waals surface area contributed by atoms with Gasteiger partial charge >= 0.3 is 5.97 Å². The van der Waals surface area contributed by atoms with E-state index in [1.165, 1.54) is 7.11 Å². The van der Waals surface area contributed by atoms with Gasteiger partial charge in [0.05, 0.1) is 7.11 Å². The molecule has 0 radical (unpaired) electrons. The largest absolute Gasteiger partial charge is 0.483 e. The molecule has 0 aromatic heterocycles. The van der Waals surface area contributed by atoms with E-state index in [9.17, 15) is 9.59 Å². The molecular weight excluding hydrogens is 270 g/mol. The maximum atomic E-state index is 12.2. The van der Waals surface area contributed by atoms with Gasteiger partial charge in [-0.15, -0.1) is 0 Å². The summed E-state index contributed by atoms with van der Waals surface area (Å²) in [5.41, 5.74) is 2.14. The molecule has 1 aromatic carbocycles. The van der Waals surface area contributed by atoms with Crippen molar-refractivity contribution in [1.82, 2.24) is 4.90 Å². The number of nitrogens with zero attached hydrogens (tertiary/aromatic N) is 1. The molecule has 2 rings (SSSR count). The maximum absolute atomic E-state index is 12.2. The van der Waals surface area contributed by atoms with Gasteiger partial charge in [-0.1, -0.05) is 17.7 Å². The van der Waals surface area contributed by atoms with Crippen molar-refractivity contribution in [2.75, 3.05) is 20.3 Å². The Labute approximate surface area is 124 Å². The number of hydrogen-bond donors (Lipinski definition) is 0. The topological polar surface area (TPSA) is 55.8 Å². The first-order valence-corrected chi connectivity index (χ1v) is 7.10. The Morgan fingerprint density at radius 1 is 1.33 bits per heavy atom. The number of hydrogen-bond acceptors (Lipinski definition) is 4. The van der Waals surface area contributed by atoms with Crippen molar-refractivity contribution in [2.24, 2.45) is 0 Å². The van der Waals surface area contributed by atoms with Gasteiger partial charge in [0.15, 0.2) is 6.61 Å². The van der Waals surface area contributed by atoms with E-state index in [2.05, 4.69) is 0 Å². The molecule has 1 aromatic rings. The van der Waals surface area contributed by atoms with Gasteiger partial charge in [0.25, 0.3) is 5.91 Å². The van der Waals surface area contributed by atoms with Crippen LogP contribution in [0.4, 0.5) is 0 Å². The van der Waals surface area contributed by atoms with Crippen LogP contribution in [0, 0.1) is 13.8 Å². The van der Waals surface area contributed by atoms with Crippen LogP contribution < -0.4 is 4.74 Å². The van der Waals surface area contributed by atoms with Crippen LogP contribution in [0.2, 0.25) is 0 Å². The molecule has 1 aliphatic rings. The fourth-order valence-corrected chi connectivity index (χ4v) is 2.63. The Bertz CT molecular complexity index is 541. The van der Waals surface area contributed by atoms with Crippen molar-refractivity contribution in [1.29, 1.82) is 0 Å². The monoisotopic (exact) mass is 291 g/mol. The number of amides is 1. The Balaban J connectivity index is 1.96. The summed E-state index contributed by atoms with van der Waals surface area (Å²) >= 11 is 0. The Kier molecular flexibility index (Phi) is 4.83. The summed E-state index contributed by atoms with van der Waals surface area (Å²) in [7, 11) is 1.34. The van der Waals surface area contributed by atoms with Gasteiger partial charge in [-0.05, 0) is 38.3 Å². The molecule has 5 heteroatoms. The van der Waals surface area contributed by atoms with E-state index in [-0.39, 0.29) is 18.5 Å². The number of carbonyl (C=O) groups excluding carboxylic acids is 2. The van der Waals surface area contributed by atoms with E-state index in [1.54, 1.807) is 4.90 Å². The summed E-state index contributed by atoms with van der Waals surface area (Å²) in [6.07, 6.45) is 1.47. The minimum atomic E-state index is -0.467. The molecule has 0 N–H and O–H groups in total. The predicted octanol–water partition coefficient (Wildman–Crippen LogP) is 1.85. The molecular formula is C16H21NO4. The molecule has 1 aliphatic heterocycles. The van der Waals surface area contributed by atoms with Gasteiger partial charge < -0.3 is 14.4 Å². The normalized spacial score (nSPS) is 17.7. The second-order valence-corrected chi connectivity index (χ2v) is 5.33.